The van der Waals surface area contributed by atoms with Gasteiger partial charge in [0.1, 0.15) is 6.10 Å². The summed E-state index contributed by atoms with van der Waals surface area (Å²) in [5, 5.41) is 10.7. The van der Waals surface area contributed by atoms with Gasteiger partial charge in [0, 0.05) is 36.3 Å². The molecule has 0 radical (unpaired) electrons. The Balaban J connectivity index is 1.98. The number of carbonyl (C=O) groups is 1. The molecule has 33 heavy (non-hydrogen) atoms. The van der Waals surface area contributed by atoms with E-state index in [4.69, 9.17) is 16.3 Å². The molecule has 0 aromatic heterocycles. The van der Waals surface area contributed by atoms with Gasteiger partial charge in [0.2, 0.25) is 0 Å². The molecule has 174 valence electrons. The zero-order chi connectivity index (χ0) is 24.1. The van der Waals surface area contributed by atoms with Gasteiger partial charge in [-0.15, -0.1) is 0 Å². The Hall–Kier alpha value is -2.82. The van der Waals surface area contributed by atoms with Gasteiger partial charge in [-0.1, -0.05) is 54.6 Å². The Morgan fingerprint density at radius 1 is 1.24 bits per heavy atom. The summed E-state index contributed by atoms with van der Waals surface area (Å²) in [6.45, 7) is 13.0. The van der Waals surface area contributed by atoms with E-state index in [2.05, 4.69) is 25.3 Å². The molecule has 3 rings (SSSR count). The molecule has 0 saturated carbocycles. The largest absolute Gasteiger partial charge is 0.478 e. The maximum atomic E-state index is 12.2. The lowest BCUT2D eigenvalue weighted by Gasteiger charge is -2.34. The molecule has 4 nitrogen and oxygen atoms in total. The molecule has 0 bridgehead atoms. The van der Waals surface area contributed by atoms with Crippen molar-refractivity contribution in [3.05, 3.63) is 93.7 Å². The molecule has 5 heteroatoms. The lowest BCUT2D eigenvalue weighted by Crippen LogP contribution is -2.35. The number of halogens is 1. The molecular formula is C28H32ClNO3. The molecule has 1 atom stereocenters. The number of rotatable bonds is 10. The van der Waals surface area contributed by atoms with Crippen molar-refractivity contribution in [1.82, 2.24) is 4.90 Å². The predicted molar refractivity (Wildman–Crippen MR) is 136 cm³/mol. The van der Waals surface area contributed by atoms with Crippen molar-refractivity contribution in [2.45, 2.75) is 46.3 Å². The van der Waals surface area contributed by atoms with Gasteiger partial charge in [0.25, 0.3) is 0 Å². The zero-order valence-electron chi connectivity index (χ0n) is 19.8. The first-order chi connectivity index (χ1) is 15.7. The summed E-state index contributed by atoms with van der Waals surface area (Å²) in [5.41, 5.74) is 6.33. The van der Waals surface area contributed by atoms with Gasteiger partial charge in [-0.3, -0.25) is 0 Å². The van der Waals surface area contributed by atoms with E-state index < -0.39 is 5.97 Å². The number of benzene rings is 2. The number of nitrogens with zero attached hydrogens (tertiary/aromatic N) is 1. The SMILES string of the molecule is C=Cc1ccc(C2=CC(N(CC(OCC)c3ccc(Cl)cc3C)C(C)C)=C(C(=O)O)C2)cc1. The van der Waals surface area contributed by atoms with Crippen LogP contribution >= 0.6 is 11.6 Å². The van der Waals surface area contributed by atoms with Crippen molar-refractivity contribution in [3.8, 4) is 0 Å². The number of carboxylic acid groups (broad SMARTS) is 1. The van der Waals surface area contributed by atoms with E-state index in [-0.39, 0.29) is 12.1 Å². The second-order valence-electron chi connectivity index (χ2n) is 8.53. The van der Waals surface area contributed by atoms with E-state index in [1.807, 2.05) is 62.4 Å². The monoisotopic (exact) mass is 465 g/mol. The molecule has 0 amide bonds. The molecular weight excluding hydrogens is 434 g/mol. The fourth-order valence-electron chi connectivity index (χ4n) is 4.25. The molecule has 0 aliphatic heterocycles. The van der Waals surface area contributed by atoms with Crippen LogP contribution in [0.4, 0.5) is 0 Å². The second-order valence-corrected chi connectivity index (χ2v) is 8.97. The number of allylic oxidation sites excluding steroid dienone is 2. The fraction of sp³-hybridized carbons (Fsp3) is 0.321. The molecule has 1 aliphatic carbocycles. The third-order valence-corrected chi connectivity index (χ3v) is 6.24. The second kappa shape index (κ2) is 10.9. The Morgan fingerprint density at radius 3 is 2.48 bits per heavy atom. The minimum Gasteiger partial charge on any atom is -0.478 e. The first kappa shape index (κ1) is 24.8. The molecule has 0 heterocycles. The third kappa shape index (κ3) is 5.76. The average Bonchev–Trinajstić information content (AvgIpc) is 3.22. The van der Waals surface area contributed by atoms with Gasteiger partial charge in [-0.2, -0.15) is 0 Å². The van der Waals surface area contributed by atoms with Crippen LogP contribution in [0.15, 0.2) is 66.4 Å². The minimum absolute atomic E-state index is 0.0867. The lowest BCUT2D eigenvalue weighted by molar-refractivity contribution is -0.132. The van der Waals surface area contributed by atoms with Gasteiger partial charge in [0.15, 0.2) is 0 Å². The van der Waals surface area contributed by atoms with Crippen LogP contribution in [0.2, 0.25) is 5.02 Å². The average molecular weight is 466 g/mol. The Bertz CT molecular complexity index is 1080. The number of ether oxygens (including phenoxy) is 1. The van der Waals surface area contributed by atoms with E-state index in [0.717, 1.165) is 33.5 Å². The van der Waals surface area contributed by atoms with Gasteiger partial charge < -0.3 is 14.7 Å². The van der Waals surface area contributed by atoms with Gasteiger partial charge in [-0.25, -0.2) is 4.79 Å². The van der Waals surface area contributed by atoms with E-state index >= 15 is 0 Å². The highest BCUT2D eigenvalue weighted by Crippen LogP contribution is 2.37. The van der Waals surface area contributed by atoms with Crippen LogP contribution in [-0.4, -0.2) is 35.2 Å². The Morgan fingerprint density at radius 2 is 1.94 bits per heavy atom. The van der Waals surface area contributed by atoms with Crippen molar-refractivity contribution in [2.24, 2.45) is 0 Å². The molecule has 1 N–H and O–H groups in total. The summed E-state index contributed by atoms with van der Waals surface area (Å²) in [5.74, 6) is -0.889. The van der Waals surface area contributed by atoms with Crippen LogP contribution in [0.25, 0.3) is 11.6 Å². The van der Waals surface area contributed by atoms with Crippen LogP contribution in [0, 0.1) is 6.92 Å². The molecule has 1 aliphatic rings. The minimum atomic E-state index is -0.889. The molecule has 2 aromatic rings. The summed E-state index contributed by atoms with van der Waals surface area (Å²) in [4.78, 5) is 14.4. The lowest BCUT2D eigenvalue weighted by atomic mass is 10.0. The number of hydrogen-bond donors (Lipinski definition) is 1. The van der Waals surface area contributed by atoms with Gasteiger partial charge in [0.05, 0.1) is 5.57 Å². The normalized spacial score (nSPS) is 14.4. The highest BCUT2D eigenvalue weighted by Gasteiger charge is 2.29. The molecule has 0 fully saturated rings. The van der Waals surface area contributed by atoms with Crippen molar-refractivity contribution in [2.75, 3.05) is 13.2 Å². The summed E-state index contributed by atoms with van der Waals surface area (Å²) in [6.07, 6.45) is 4.00. The van der Waals surface area contributed by atoms with Crippen molar-refractivity contribution < 1.29 is 14.6 Å². The zero-order valence-corrected chi connectivity index (χ0v) is 20.5. The summed E-state index contributed by atoms with van der Waals surface area (Å²) < 4.78 is 6.14. The van der Waals surface area contributed by atoms with Crippen LogP contribution < -0.4 is 0 Å². The molecule has 1 unspecified atom stereocenters. The highest BCUT2D eigenvalue weighted by atomic mass is 35.5. The maximum absolute atomic E-state index is 12.2. The smallest absolute Gasteiger partial charge is 0.334 e. The quantitative estimate of drug-likeness (QED) is 0.414. The van der Waals surface area contributed by atoms with E-state index in [9.17, 15) is 9.90 Å². The standard InChI is InChI=1S/C28H32ClNO3/c1-6-20-8-10-21(11-9-20)22-15-25(28(31)32)26(16-22)30(18(3)4)17-27(33-7-2)24-13-12-23(29)14-19(24)5/h6,8-14,16,18,27H,1,7,15,17H2,2-5H3,(H,31,32). The first-order valence-electron chi connectivity index (χ1n) is 11.3. The highest BCUT2D eigenvalue weighted by molar-refractivity contribution is 6.30. The van der Waals surface area contributed by atoms with Gasteiger partial charge in [-0.05, 0) is 73.7 Å². The number of carboxylic acids is 1. The first-order valence-corrected chi connectivity index (χ1v) is 11.7. The number of aryl methyl sites for hydroxylation is 1. The van der Waals surface area contributed by atoms with E-state index in [1.165, 1.54) is 0 Å². The summed E-state index contributed by atoms with van der Waals surface area (Å²) in [6, 6.07) is 13.9. The van der Waals surface area contributed by atoms with Crippen LogP contribution in [0.1, 0.15) is 55.5 Å². The van der Waals surface area contributed by atoms with Crippen LogP contribution in [-0.2, 0) is 9.53 Å². The topological polar surface area (TPSA) is 49.8 Å². The summed E-state index contributed by atoms with van der Waals surface area (Å²) >= 11 is 6.17. The number of hydrogen-bond acceptors (Lipinski definition) is 3. The fourth-order valence-corrected chi connectivity index (χ4v) is 4.48. The summed E-state index contributed by atoms with van der Waals surface area (Å²) in [7, 11) is 0. The number of aliphatic carboxylic acids is 1. The van der Waals surface area contributed by atoms with Crippen LogP contribution in [0.5, 0.6) is 0 Å². The van der Waals surface area contributed by atoms with E-state index in [1.54, 1.807) is 6.08 Å². The van der Waals surface area contributed by atoms with Crippen molar-refractivity contribution in [1.29, 1.82) is 0 Å². The van der Waals surface area contributed by atoms with Crippen molar-refractivity contribution in [3.63, 3.8) is 0 Å². The molecule has 0 spiro atoms. The van der Waals surface area contributed by atoms with Crippen molar-refractivity contribution >= 4 is 29.2 Å². The van der Waals surface area contributed by atoms with E-state index in [0.29, 0.717) is 30.2 Å². The Kier molecular flexibility index (Phi) is 8.17. The van der Waals surface area contributed by atoms with Crippen LogP contribution in [0.3, 0.4) is 0 Å². The molecule has 2 aromatic carbocycles. The maximum Gasteiger partial charge on any atom is 0.334 e. The Labute approximate surface area is 201 Å². The predicted octanol–water partition coefficient (Wildman–Crippen LogP) is 6.91. The molecule has 0 saturated heterocycles. The third-order valence-electron chi connectivity index (χ3n) is 6.00. The van der Waals surface area contributed by atoms with Gasteiger partial charge >= 0.3 is 5.97 Å².